The third-order valence-corrected chi connectivity index (χ3v) is 8.41. The lowest BCUT2D eigenvalue weighted by Gasteiger charge is -2.24. The number of esters is 1. The van der Waals surface area contributed by atoms with Crippen molar-refractivity contribution in [2.45, 2.75) is 75.1 Å². The normalized spacial score (nSPS) is 19.7. The van der Waals surface area contributed by atoms with Gasteiger partial charge in [-0.25, -0.2) is 9.59 Å². The molecular formula is C28H36N4O10S. The van der Waals surface area contributed by atoms with Crippen molar-refractivity contribution >= 4 is 41.5 Å². The molecule has 0 saturated carbocycles. The van der Waals surface area contributed by atoms with Crippen molar-refractivity contribution < 1.29 is 49.1 Å². The Morgan fingerprint density at radius 1 is 1.19 bits per heavy atom. The van der Waals surface area contributed by atoms with Gasteiger partial charge in [-0.05, 0) is 49.0 Å². The lowest BCUT2D eigenvalue weighted by Crippen LogP contribution is -2.53. The van der Waals surface area contributed by atoms with Gasteiger partial charge in [0.15, 0.2) is 0 Å². The molecule has 1 aromatic heterocycles. The zero-order valence-electron chi connectivity index (χ0n) is 23.5. The second-order valence-corrected chi connectivity index (χ2v) is 11.6. The van der Waals surface area contributed by atoms with Gasteiger partial charge >= 0.3 is 17.9 Å². The molecule has 0 spiro atoms. The molecule has 0 fully saturated rings. The molecule has 8 N–H and O–H groups in total. The van der Waals surface area contributed by atoms with Crippen LogP contribution in [0.25, 0.3) is 0 Å². The first-order valence-electron chi connectivity index (χ1n) is 13.7. The molecule has 1 aromatic rings. The Balaban J connectivity index is 1.75. The van der Waals surface area contributed by atoms with E-state index in [1.165, 1.54) is 11.8 Å². The number of nitrogens with zero attached hydrogens (tertiary/aromatic N) is 1. The summed E-state index contributed by atoms with van der Waals surface area (Å²) in [6.45, 7) is 1.94. The number of cyclic esters (lactones) is 1. The number of carbonyl (C=O) groups is 5. The standard InChI is InChI=1S/C28H36N4O10S/c1-2-3-20(22-17-5-4-16(13-18(17)26(38)42-22)12-15-7-10-30-11-8-15)43-14-19(23(34)32-24(35)25(36)37)31-21(33)6-9-28(29,41)27(39)40/h7-8,10-11,13,18-20,24,35,41H,2-6,9,12,14,29H2,1H3,(H,31,33)(H,32,34)(H,36,37)(H,39,40). The lowest BCUT2D eigenvalue weighted by atomic mass is 9.83. The molecular weight excluding hydrogens is 584 g/mol. The summed E-state index contributed by atoms with van der Waals surface area (Å²) in [4.78, 5) is 64.4. The van der Waals surface area contributed by atoms with Crippen molar-refractivity contribution in [1.29, 1.82) is 0 Å². The predicted octanol–water partition coefficient (Wildman–Crippen LogP) is 0.189. The number of aliphatic hydroxyl groups excluding tert-OH is 1. The number of aromatic nitrogens is 1. The fourth-order valence-corrected chi connectivity index (χ4v) is 6.11. The number of nitrogens with two attached hydrogens (primary N) is 1. The third-order valence-electron chi connectivity index (χ3n) is 7.03. The SMILES string of the molecule is CCCC(SCC(NC(=O)CCC(N)(O)C(=O)O)C(=O)NC(O)C(=O)O)C1=C2CCC(Cc3ccncc3)=CC2C(=O)O1. The fourth-order valence-electron chi connectivity index (χ4n) is 4.70. The monoisotopic (exact) mass is 620 g/mol. The van der Waals surface area contributed by atoms with E-state index in [-0.39, 0.29) is 11.0 Å². The van der Waals surface area contributed by atoms with Crippen molar-refractivity contribution in [3.63, 3.8) is 0 Å². The number of amides is 2. The van der Waals surface area contributed by atoms with Gasteiger partial charge < -0.3 is 35.8 Å². The predicted molar refractivity (Wildman–Crippen MR) is 153 cm³/mol. The summed E-state index contributed by atoms with van der Waals surface area (Å²) >= 11 is 1.21. The van der Waals surface area contributed by atoms with Gasteiger partial charge in [-0.1, -0.05) is 25.0 Å². The quantitative estimate of drug-likeness (QED) is 0.0743. The Kier molecular flexibility index (Phi) is 11.8. The van der Waals surface area contributed by atoms with Gasteiger partial charge in [0.2, 0.25) is 23.8 Å². The summed E-state index contributed by atoms with van der Waals surface area (Å²) in [5.74, 6) is -5.81. The molecule has 0 aromatic carbocycles. The lowest BCUT2D eigenvalue weighted by molar-refractivity contribution is -0.159. The molecule has 0 saturated heterocycles. The molecule has 1 aliphatic heterocycles. The number of hydrogen-bond donors (Lipinski definition) is 7. The van der Waals surface area contributed by atoms with Crippen LogP contribution in [0.2, 0.25) is 0 Å². The number of aliphatic hydroxyl groups is 2. The molecule has 5 unspecified atom stereocenters. The Morgan fingerprint density at radius 3 is 2.51 bits per heavy atom. The largest absolute Gasteiger partial charge is 0.478 e. The molecule has 1 aliphatic carbocycles. The van der Waals surface area contributed by atoms with Crippen molar-refractivity contribution in [1.82, 2.24) is 15.6 Å². The van der Waals surface area contributed by atoms with Crippen LogP contribution in [0.3, 0.4) is 0 Å². The highest BCUT2D eigenvalue weighted by Gasteiger charge is 2.40. The van der Waals surface area contributed by atoms with Crippen molar-refractivity contribution in [3.8, 4) is 0 Å². The average molecular weight is 621 g/mol. The van der Waals surface area contributed by atoms with Crippen LogP contribution in [0.5, 0.6) is 0 Å². The number of thioether (sulfide) groups is 1. The number of hydrogen-bond acceptors (Lipinski definition) is 11. The smallest absolute Gasteiger partial charge is 0.353 e. The average Bonchev–Trinajstić information content (AvgIpc) is 3.29. The zero-order chi connectivity index (χ0) is 31.7. The van der Waals surface area contributed by atoms with E-state index in [1.54, 1.807) is 12.4 Å². The molecule has 2 amide bonds. The fraction of sp³-hybridized carbons (Fsp3) is 0.500. The second-order valence-electron chi connectivity index (χ2n) is 10.4. The molecule has 234 valence electrons. The van der Waals surface area contributed by atoms with Gasteiger partial charge in [0.05, 0.1) is 5.25 Å². The van der Waals surface area contributed by atoms with Crippen LogP contribution in [0, 0.1) is 5.92 Å². The summed E-state index contributed by atoms with van der Waals surface area (Å²) in [7, 11) is 0. The van der Waals surface area contributed by atoms with Gasteiger partial charge in [0.25, 0.3) is 0 Å². The van der Waals surface area contributed by atoms with Crippen LogP contribution in [0.4, 0.5) is 0 Å². The zero-order valence-corrected chi connectivity index (χ0v) is 24.3. The summed E-state index contributed by atoms with van der Waals surface area (Å²) in [6.07, 6.45) is 5.21. The second kappa shape index (κ2) is 15.1. The van der Waals surface area contributed by atoms with E-state index in [0.29, 0.717) is 31.4 Å². The van der Waals surface area contributed by atoms with Crippen molar-refractivity contribution in [2.75, 3.05) is 5.75 Å². The number of nitrogens with one attached hydrogen (secondary N) is 2. The van der Waals surface area contributed by atoms with E-state index in [1.807, 2.05) is 30.4 Å². The Bertz CT molecular complexity index is 1280. The number of aliphatic carboxylic acids is 2. The molecule has 15 heteroatoms. The van der Waals surface area contributed by atoms with Crippen molar-refractivity contribution in [2.24, 2.45) is 11.7 Å². The van der Waals surface area contributed by atoms with E-state index in [2.05, 4.69) is 10.3 Å². The number of carbonyl (C=O) groups excluding carboxylic acids is 3. The molecule has 2 aliphatic rings. The highest BCUT2D eigenvalue weighted by atomic mass is 32.2. The minimum absolute atomic E-state index is 0.109. The van der Waals surface area contributed by atoms with Gasteiger partial charge in [-0.2, -0.15) is 0 Å². The molecule has 3 rings (SSSR count). The maximum atomic E-state index is 12.9. The van der Waals surface area contributed by atoms with E-state index in [4.69, 9.17) is 20.7 Å². The minimum Gasteiger partial charge on any atom is -0.478 e. The number of allylic oxidation sites excluding steroid dienone is 1. The number of carboxylic acid groups (broad SMARTS) is 2. The summed E-state index contributed by atoms with van der Waals surface area (Å²) in [5.41, 5.74) is 5.64. The molecule has 2 heterocycles. The summed E-state index contributed by atoms with van der Waals surface area (Å²) < 4.78 is 5.75. The number of rotatable bonds is 16. The summed E-state index contributed by atoms with van der Waals surface area (Å²) in [6, 6.07) is 2.47. The van der Waals surface area contributed by atoms with Crippen LogP contribution < -0.4 is 16.4 Å². The first-order valence-corrected chi connectivity index (χ1v) is 14.8. The maximum Gasteiger partial charge on any atom is 0.353 e. The van der Waals surface area contributed by atoms with E-state index in [9.17, 15) is 34.2 Å². The molecule has 5 atom stereocenters. The maximum absolute atomic E-state index is 12.9. The number of ether oxygens (including phenoxy) is 1. The van der Waals surface area contributed by atoms with Crippen LogP contribution in [-0.2, 0) is 35.1 Å². The Morgan fingerprint density at radius 2 is 1.88 bits per heavy atom. The molecule has 0 bridgehead atoms. The minimum atomic E-state index is -2.67. The van der Waals surface area contributed by atoms with Gasteiger partial charge in [-0.3, -0.25) is 25.1 Å². The Hall–Kier alpha value is -3.79. The highest BCUT2D eigenvalue weighted by Crippen LogP contribution is 2.42. The number of fused-ring (bicyclic) bond motifs is 1. The summed E-state index contributed by atoms with van der Waals surface area (Å²) in [5, 5.41) is 41.1. The first-order chi connectivity index (χ1) is 20.3. The van der Waals surface area contributed by atoms with E-state index in [0.717, 1.165) is 23.1 Å². The molecule has 0 radical (unpaired) electrons. The topological polar surface area (TPSA) is 238 Å². The van der Waals surface area contributed by atoms with Gasteiger partial charge in [0, 0.05) is 31.0 Å². The van der Waals surface area contributed by atoms with Crippen LogP contribution in [0.15, 0.2) is 47.5 Å². The van der Waals surface area contributed by atoms with Crippen LogP contribution in [-0.4, -0.2) is 84.1 Å². The van der Waals surface area contributed by atoms with Crippen LogP contribution in [0.1, 0.15) is 51.0 Å². The van der Waals surface area contributed by atoms with Crippen molar-refractivity contribution in [3.05, 3.63) is 53.1 Å². The number of pyridine rings is 1. The van der Waals surface area contributed by atoms with Gasteiger partial charge in [-0.15, -0.1) is 11.8 Å². The van der Waals surface area contributed by atoms with E-state index >= 15 is 0 Å². The highest BCUT2D eigenvalue weighted by molar-refractivity contribution is 8.00. The molecule has 43 heavy (non-hydrogen) atoms. The third kappa shape index (κ3) is 9.35. The van der Waals surface area contributed by atoms with Crippen LogP contribution >= 0.6 is 11.8 Å². The molecule has 14 nitrogen and oxygen atoms in total. The first kappa shape index (κ1) is 33.7. The number of carboxylic acids is 2. The Labute approximate surface area is 251 Å². The van der Waals surface area contributed by atoms with E-state index < -0.39 is 66.5 Å². The van der Waals surface area contributed by atoms with Gasteiger partial charge in [0.1, 0.15) is 17.7 Å².